The van der Waals surface area contributed by atoms with Gasteiger partial charge in [-0.1, -0.05) is 41.7 Å². The average Bonchev–Trinajstić information content (AvgIpc) is 3.11. The third-order valence-corrected chi connectivity index (χ3v) is 6.10. The van der Waals surface area contributed by atoms with Crippen LogP contribution in [0.15, 0.2) is 30.3 Å². The molecule has 142 valence electrons. The molecule has 0 unspecified atom stereocenters. The van der Waals surface area contributed by atoms with E-state index in [9.17, 15) is 4.79 Å². The molecule has 2 heterocycles. The highest BCUT2D eigenvalue weighted by Gasteiger charge is 2.27. The largest absolute Gasteiger partial charge is 0.317 e. The molecule has 1 aromatic heterocycles. The summed E-state index contributed by atoms with van der Waals surface area (Å²) in [6.45, 7) is 6.40. The van der Waals surface area contributed by atoms with Crippen LogP contribution < -0.4 is 10.6 Å². The van der Waals surface area contributed by atoms with E-state index in [4.69, 9.17) is 0 Å². The van der Waals surface area contributed by atoms with Crippen molar-refractivity contribution in [2.24, 2.45) is 5.92 Å². The van der Waals surface area contributed by atoms with Crippen LogP contribution in [-0.4, -0.2) is 29.2 Å². The van der Waals surface area contributed by atoms with E-state index in [0.717, 1.165) is 24.5 Å². The molecule has 1 fully saturated rings. The molecule has 0 saturated carbocycles. The third-order valence-electron chi connectivity index (χ3n) is 4.94. The Morgan fingerprint density at radius 2 is 1.92 bits per heavy atom. The van der Waals surface area contributed by atoms with Crippen LogP contribution in [-0.2, 0) is 10.2 Å². The standard InChI is InChI=1S/C19H26N4OS.ClH/c1-19(2,15-6-4-3-5-7-15)17-22-23-18(25-17)21-16(24)9-8-14-10-12-20-13-11-14;/h3-7,14,20H,8-13H2,1-2H3,(H,21,23,24);1H. The van der Waals surface area contributed by atoms with E-state index in [2.05, 4.69) is 46.8 Å². The Morgan fingerprint density at radius 1 is 1.23 bits per heavy atom. The van der Waals surface area contributed by atoms with Crippen LogP contribution in [0.5, 0.6) is 0 Å². The molecule has 7 heteroatoms. The number of anilines is 1. The first kappa shape index (κ1) is 20.8. The molecule has 1 saturated heterocycles. The van der Waals surface area contributed by atoms with Crippen molar-refractivity contribution < 1.29 is 4.79 Å². The summed E-state index contributed by atoms with van der Waals surface area (Å²) in [7, 11) is 0. The topological polar surface area (TPSA) is 66.9 Å². The predicted octanol–water partition coefficient (Wildman–Crippen LogP) is 4.00. The zero-order chi connectivity index (χ0) is 17.7. The quantitative estimate of drug-likeness (QED) is 0.776. The Bertz CT molecular complexity index is 699. The minimum Gasteiger partial charge on any atom is -0.317 e. The molecule has 2 N–H and O–H groups in total. The molecule has 0 atom stereocenters. The van der Waals surface area contributed by atoms with Gasteiger partial charge in [0.15, 0.2) is 0 Å². The Labute approximate surface area is 165 Å². The van der Waals surface area contributed by atoms with Crippen molar-refractivity contribution in [3.63, 3.8) is 0 Å². The molecule has 5 nitrogen and oxygen atoms in total. The minimum absolute atomic E-state index is 0. The highest BCUT2D eigenvalue weighted by Crippen LogP contribution is 2.34. The average molecular weight is 395 g/mol. The summed E-state index contributed by atoms with van der Waals surface area (Å²) in [6, 6.07) is 10.3. The van der Waals surface area contributed by atoms with Crippen molar-refractivity contribution in [3.8, 4) is 0 Å². The molecule has 2 aromatic rings. The van der Waals surface area contributed by atoms with Crippen LogP contribution >= 0.6 is 23.7 Å². The molecular weight excluding hydrogens is 368 g/mol. The van der Waals surface area contributed by atoms with E-state index in [1.54, 1.807) is 0 Å². The van der Waals surface area contributed by atoms with Crippen molar-refractivity contribution in [1.82, 2.24) is 15.5 Å². The normalized spacial score (nSPS) is 15.3. The number of carbonyl (C=O) groups excluding carboxylic acids is 1. The first-order chi connectivity index (χ1) is 12.1. The van der Waals surface area contributed by atoms with Crippen molar-refractivity contribution >= 4 is 34.8 Å². The number of benzene rings is 1. The molecule has 26 heavy (non-hydrogen) atoms. The fraction of sp³-hybridized carbons (Fsp3) is 0.526. The fourth-order valence-electron chi connectivity index (χ4n) is 3.19. The summed E-state index contributed by atoms with van der Waals surface area (Å²) in [4.78, 5) is 12.2. The number of rotatable bonds is 6. The van der Waals surface area contributed by atoms with Crippen LogP contribution in [0.1, 0.15) is 50.1 Å². The van der Waals surface area contributed by atoms with Crippen LogP contribution in [0.2, 0.25) is 0 Å². The van der Waals surface area contributed by atoms with Gasteiger partial charge in [-0.2, -0.15) is 0 Å². The molecule has 0 spiro atoms. The van der Waals surface area contributed by atoms with Gasteiger partial charge in [-0.05, 0) is 57.7 Å². The second kappa shape index (κ2) is 9.44. The number of carbonyl (C=O) groups is 1. The molecule has 3 rings (SSSR count). The van der Waals surface area contributed by atoms with Gasteiger partial charge in [0.1, 0.15) is 5.01 Å². The minimum atomic E-state index is -0.225. The maximum Gasteiger partial charge on any atom is 0.226 e. The molecule has 1 aliphatic heterocycles. The number of amides is 1. The Hall–Kier alpha value is -1.50. The predicted molar refractivity (Wildman–Crippen MR) is 109 cm³/mol. The zero-order valence-electron chi connectivity index (χ0n) is 15.3. The maximum atomic E-state index is 12.2. The van der Waals surface area contributed by atoms with Crippen LogP contribution in [0.3, 0.4) is 0 Å². The smallest absolute Gasteiger partial charge is 0.226 e. The SMILES string of the molecule is CC(C)(c1ccccc1)c1nnc(NC(=O)CCC2CCNCC2)s1.Cl. The number of aromatic nitrogens is 2. The lowest BCUT2D eigenvalue weighted by Crippen LogP contribution is -2.28. The van der Waals surface area contributed by atoms with Crippen molar-refractivity contribution in [2.45, 2.75) is 44.9 Å². The summed E-state index contributed by atoms with van der Waals surface area (Å²) in [6.07, 6.45) is 3.85. The second-order valence-corrected chi connectivity index (χ2v) is 8.16. The number of hydrogen-bond donors (Lipinski definition) is 2. The van der Waals surface area contributed by atoms with E-state index in [-0.39, 0.29) is 23.7 Å². The van der Waals surface area contributed by atoms with Gasteiger partial charge in [-0.3, -0.25) is 4.79 Å². The van der Waals surface area contributed by atoms with Gasteiger partial charge in [0, 0.05) is 11.8 Å². The highest BCUT2D eigenvalue weighted by atomic mass is 35.5. The number of hydrogen-bond acceptors (Lipinski definition) is 5. The van der Waals surface area contributed by atoms with Crippen LogP contribution in [0, 0.1) is 5.92 Å². The molecule has 0 aliphatic carbocycles. The van der Waals surface area contributed by atoms with Gasteiger partial charge in [0.25, 0.3) is 0 Å². The first-order valence-corrected chi connectivity index (χ1v) is 9.77. The lowest BCUT2D eigenvalue weighted by Gasteiger charge is -2.22. The molecule has 0 radical (unpaired) electrons. The van der Waals surface area contributed by atoms with Gasteiger partial charge in [-0.15, -0.1) is 22.6 Å². The van der Waals surface area contributed by atoms with Crippen LogP contribution in [0.25, 0.3) is 0 Å². The van der Waals surface area contributed by atoms with Gasteiger partial charge < -0.3 is 10.6 Å². The van der Waals surface area contributed by atoms with Crippen molar-refractivity contribution in [1.29, 1.82) is 0 Å². The van der Waals surface area contributed by atoms with E-state index >= 15 is 0 Å². The molecule has 0 bridgehead atoms. The lowest BCUT2D eigenvalue weighted by atomic mass is 9.85. The first-order valence-electron chi connectivity index (χ1n) is 8.96. The summed E-state index contributed by atoms with van der Waals surface area (Å²) in [5.74, 6) is 0.702. The van der Waals surface area contributed by atoms with Gasteiger partial charge >= 0.3 is 0 Å². The summed E-state index contributed by atoms with van der Waals surface area (Å²) >= 11 is 1.46. The summed E-state index contributed by atoms with van der Waals surface area (Å²) < 4.78 is 0. The van der Waals surface area contributed by atoms with E-state index in [1.165, 1.54) is 29.7 Å². The van der Waals surface area contributed by atoms with E-state index in [0.29, 0.717) is 17.5 Å². The summed E-state index contributed by atoms with van der Waals surface area (Å²) in [5.41, 5.74) is 0.965. The number of halogens is 1. The van der Waals surface area contributed by atoms with E-state index in [1.807, 2.05) is 18.2 Å². The fourth-order valence-corrected chi connectivity index (χ4v) is 4.08. The monoisotopic (exact) mass is 394 g/mol. The van der Waals surface area contributed by atoms with Crippen molar-refractivity contribution in [3.05, 3.63) is 40.9 Å². The summed E-state index contributed by atoms with van der Waals surface area (Å²) in [5, 5.41) is 16.3. The van der Waals surface area contributed by atoms with Crippen molar-refractivity contribution in [2.75, 3.05) is 18.4 Å². The Balaban J connectivity index is 0.00000243. The van der Waals surface area contributed by atoms with Gasteiger partial charge in [-0.25, -0.2) is 0 Å². The molecule has 1 aliphatic rings. The molecular formula is C19H27ClN4OS. The Kier molecular flexibility index (Phi) is 7.55. The number of nitrogens with one attached hydrogen (secondary N) is 2. The Morgan fingerprint density at radius 3 is 2.62 bits per heavy atom. The zero-order valence-corrected chi connectivity index (χ0v) is 17.0. The maximum absolute atomic E-state index is 12.2. The molecule has 1 aromatic carbocycles. The number of piperidine rings is 1. The van der Waals surface area contributed by atoms with Gasteiger partial charge in [0.2, 0.25) is 11.0 Å². The second-order valence-electron chi connectivity index (χ2n) is 7.18. The number of nitrogens with zero attached hydrogens (tertiary/aromatic N) is 2. The lowest BCUT2D eigenvalue weighted by molar-refractivity contribution is -0.116. The van der Waals surface area contributed by atoms with Gasteiger partial charge in [0.05, 0.1) is 0 Å². The van der Waals surface area contributed by atoms with Crippen LogP contribution in [0.4, 0.5) is 5.13 Å². The van der Waals surface area contributed by atoms with E-state index < -0.39 is 0 Å². The third kappa shape index (κ3) is 5.25. The molecule has 1 amide bonds. The highest BCUT2D eigenvalue weighted by molar-refractivity contribution is 7.15.